The molecule has 1 atom stereocenters. The zero-order valence-corrected chi connectivity index (χ0v) is 14.3. The van der Waals surface area contributed by atoms with Crippen LogP contribution in [0.4, 0.5) is 0 Å². The van der Waals surface area contributed by atoms with Crippen molar-refractivity contribution in [3.63, 3.8) is 0 Å². The Morgan fingerprint density at radius 1 is 0.857 bits per heavy atom. The molecule has 0 saturated heterocycles. The second kappa shape index (κ2) is 10.5. The van der Waals surface area contributed by atoms with Crippen molar-refractivity contribution in [3.05, 3.63) is 0 Å². The van der Waals surface area contributed by atoms with Crippen molar-refractivity contribution in [1.29, 1.82) is 0 Å². The van der Waals surface area contributed by atoms with Gasteiger partial charge in [-0.05, 0) is 12.8 Å². The molecule has 1 unspecified atom stereocenters. The molecule has 0 heterocycles. The number of rotatable bonds is 13. The minimum absolute atomic E-state index is 0.498. The number of hydrogen-bond donors (Lipinski definition) is 1. The first-order chi connectivity index (χ1) is 9.70. The Kier molecular flexibility index (Phi) is 10.4. The van der Waals surface area contributed by atoms with Crippen molar-refractivity contribution in [3.8, 4) is 0 Å². The summed E-state index contributed by atoms with van der Waals surface area (Å²) < 4.78 is 60.3. The maximum atomic E-state index is 11.4. The lowest BCUT2D eigenvalue weighted by atomic mass is 10.0. The van der Waals surface area contributed by atoms with Crippen LogP contribution in [0.3, 0.4) is 0 Å². The van der Waals surface area contributed by atoms with Gasteiger partial charge in [0.05, 0.1) is 6.10 Å². The summed E-state index contributed by atoms with van der Waals surface area (Å²) in [7, 11) is -9.85. The highest BCUT2D eigenvalue weighted by Gasteiger charge is 2.25. The molecule has 0 fully saturated rings. The quantitative estimate of drug-likeness (QED) is 0.403. The highest BCUT2D eigenvalue weighted by atomic mass is 32.3. The van der Waals surface area contributed by atoms with Gasteiger partial charge in [0.1, 0.15) is 0 Å². The van der Waals surface area contributed by atoms with Crippen LogP contribution >= 0.6 is 0 Å². The highest BCUT2D eigenvalue weighted by molar-refractivity contribution is 7.94. The average molecular weight is 346 g/mol. The lowest BCUT2D eigenvalue weighted by molar-refractivity contribution is 0.159. The van der Waals surface area contributed by atoms with Gasteiger partial charge in [-0.25, -0.2) is 4.18 Å². The molecular weight excluding hydrogens is 320 g/mol. The van der Waals surface area contributed by atoms with Gasteiger partial charge in [0, 0.05) is 0 Å². The van der Waals surface area contributed by atoms with Gasteiger partial charge in [0.15, 0.2) is 0 Å². The molecule has 0 saturated carbocycles. The fraction of sp³-hybridized carbons (Fsp3) is 1.00. The van der Waals surface area contributed by atoms with Crippen LogP contribution in [0, 0.1) is 0 Å². The molecule has 1 N–H and O–H groups in total. The summed E-state index contributed by atoms with van der Waals surface area (Å²) in [4.78, 5) is 0. The smallest absolute Gasteiger partial charge is 0.263 e. The van der Waals surface area contributed by atoms with E-state index in [4.69, 9.17) is 8.74 Å². The van der Waals surface area contributed by atoms with Gasteiger partial charge in [-0.2, -0.15) is 16.8 Å². The maximum absolute atomic E-state index is 11.4. The first-order valence-electron chi connectivity index (χ1n) is 7.32. The van der Waals surface area contributed by atoms with Crippen molar-refractivity contribution in [2.45, 2.75) is 77.7 Å². The second-order valence-electron chi connectivity index (χ2n) is 4.97. The standard InChI is InChI=1S/C12H26O7S2/c1-3-5-7-8-9-11-12(10-6-4-2)18-21(16,17)19-20(13,14)15/h12H,3-11H2,1-2H3,(H,13,14,15). The summed E-state index contributed by atoms with van der Waals surface area (Å²) in [5, 5.41) is 0. The predicted octanol–water partition coefficient (Wildman–Crippen LogP) is 2.99. The molecule has 7 nitrogen and oxygen atoms in total. The van der Waals surface area contributed by atoms with Crippen LogP contribution in [-0.2, 0) is 28.6 Å². The van der Waals surface area contributed by atoms with Crippen molar-refractivity contribution < 1.29 is 29.2 Å². The molecule has 0 aromatic heterocycles. The van der Waals surface area contributed by atoms with E-state index in [0.717, 1.165) is 44.9 Å². The van der Waals surface area contributed by atoms with Crippen LogP contribution in [0.5, 0.6) is 0 Å². The average Bonchev–Trinajstić information content (AvgIpc) is 2.32. The fourth-order valence-corrected chi connectivity index (χ4v) is 3.43. The molecule has 0 aliphatic rings. The van der Waals surface area contributed by atoms with Crippen LogP contribution in [0.25, 0.3) is 0 Å². The fourth-order valence-electron chi connectivity index (χ4n) is 1.94. The van der Waals surface area contributed by atoms with E-state index in [1.807, 2.05) is 6.92 Å². The summed E-state index contributed by atoms with van der Waals surface area (Å²) in [6.45, 7) is 4.06. The van der Waals surface area contributed by atoms with E-state index in [1.165, 1.54) is 0 Å². The third kappa shape index (κ3) is 13.2. The lowest BCUT2D eigenvalue weighted by Gasteiger charge is -2.16. The molecule has 0 aliphatic heterocycles. The molecule has 0 rings (SSSR count). The Labute approximate surface area is 128 Å². The first kappa shape index (κ1) is 20.8. The number of hydrogen-bond acceptors (Lipinski definition) is 6. The largest absolute Gasteiger partial charge is 0.416 e. The third-order valence-electron chi connectivity index (χ3n) is 2.93. The molecular formula is C12H26O7S2. The van der Waals surface area contributed by atoms with Gasteiger partial charge in [0.25, 0.3) is 0 Å². The third-order valence-corrected chi connectivity index (χ3v) is 4.79. The molecule has 0 radical (unpaired) electrons. The maximum Gasteiger partial charge on any atom is 0.416 e. The van der Waals surface area contributed by atoms with Gasteiger partial charge in [-0.15, -0.1) is 3.63 Å². The Balaban J connectivity index is 4.40. The zero-order valence-electron chi connectivity index (χ0n) is 12.7. The highest BCUT2D eigenvalue weighted by Crippen LogP contribution is 2.18. The summed E-state index contributed by atoms with van der Waals surface area (Å²) >= 11 is 0. The molecule has 0 aromatic rings. The number of unbranched alkanes of at least 4 members (excludes halogenated alkanes) is 5. The van der Waals surface area contributed by atoms with Crippen LogP contribution in [0.1, 0.15) is 71.6 Å². The van der Waals surface area contributed by atoms with Crippen molar-refractivity contribution >= 4 is 20.8 Å². The van der Waals surface area contributed by atoms with E-state index in [1.54, 1.807) is 0 Å². The lowest BCUT2D eigenvalue weighted by Crippen LogP contribution is -2.22. The normalized spacial score (nSPS) is 14.2. The van der Waals surface area contributed by atoms with Gasteiger partial charge in [0.2, 0.25) is 0 Å². The Morgan fingerprint density at radius 2 is 1.38 bits per heavy atom. The van der Waals surface area contributed by atoms with Crippen LogP contribution in [0.15, 0.2) is 0 Å². The summed E-state index contributed by atoms with van der Waals surface area (Å²) in [6.07, 6.45) is 7.11. The van der Waals surface area contributed by atoms with Gasteiger partial charge in [-0.3, -0.25) is 4.55 Å². The zero-order chi connectivity index (χ0) is 16.4. The second-order valence-corrected chi connectivity index (χ2v) is 7.38. The minimum atomic E-state index is -5.09. The van der Waals surface area contributed by atoms with Crippen LogP contribution in [-0.4, -0.2) is 27.5 Å². The van der Waals surface area contributed by atoms with Crippen molar-refractivity contribution in [2.24, 2.45) is 0 Å². The van der Waals surface area contributed by atoms with E-state index in [2.05, 4.69) is 10.6 Å². The summed E-state index contributed by atoms with van der Waals surface area (Å²) in [5.41, 5.74) is 0. The van der Waals surface area contributed by atoms with Crippen molar-refractivity contribution in [2.75, 3.05) is 0 Å². The molecule has 128 valence electrons. The topological polar surface area (TPSA) is 107 Å². The van der Waals surface area contributed by atoms with Gasteiger partial charge >= 0.3 is 20.8 Å². The molecule has 0 bridgehead atoms. The van der Waals surface area contributed by atoms with E-state index in [0.29, 0.717) is 12.8 Å². The van der Waals surface area contributed by atoms with Gasteiger partial charge in [-0.1, -0.05) is 58.8 Å². The Hall–Kier alpha value is -0.220. The van der Waals surface area contributed by atoms with E-state index >= 15 is 0 Å². The molecule has 0 aliphatic carbocycles. The molecule has 0 spiro atoms. The molecule has 0 aromatic carbocycles. The Morgan fingerprint density at radius 3 is 1.90 bits per heavy atom. The molecule has 9 heteroatoms. The monoisotopic (exact) mass is 346 g/mol. The molecule has 0 amide bonds. The Bertz CT molecular complexity index is 456. The van der Waals surface area contributed by atoms with E-state index in [9.17, 15) is 16.8 Å². The minimum Gasteiger partial charge on any atom is -0.263 e. The van der Waals surface area contributed by atoms with Gasteiger partial charge < -0.3 is 0 Å². The molecule has 21 heavy (non-hydrogen) atoms. The van der Waals surface area contributed by atoms with E-state index in [-0.39, 0.29) is 0 Å². The van der Waals surface area contributed by atoms with Crippen LogP contribution < -0.4 is 0 Å². The first-order valence-corrected chi connectivity index (χ1v) is 10.0. The van der Waals surface area contributed by atoms with Crippen LogP contribution in [0.2, 0.25) is 0 Å². The summed E-state index contributed by atoms with van der Waals surface area (Å²) in [5.74, 6) is 0. The van der Waals surface area contributed by atoms with Crippen molar-refractivity contribution in [1.82, 2.24) is 0 Å². The SMILES string of the molecule is CCCCCCCC(CCCC)OS(=O)(=O)OS(=O)(=O)O. The summed E-state index contributed by atoms with van der Waals surface area (Å²) in [6, 6.07) is 0. The predicted molar refractivity (Wildman–Crippen MR) is 79.3 cm³/mol. The van der Waals surface area contributed by atoms with E-state index < -0.39 is 26.9 Å².